The topological polar surface area (TPSA) is 72.9 Å². The van der Waals surface area contributed by atoms with Gasteiger partial charge < -0.3 is 11.1 Å². The lowest BCUT2D eigenvalue weighted by molar-refractivity contribution is -0.119. The molecule has 2 rings (SSSR count). The average Bonchev–Trinajstić information content (AvgIpc) is 2.83. The summed E-state index contributed by atoms with van der Waals surface area (Å²) < 4.78 is 1.62. The first-order valence-corrected chi connectivity index (χ1v) is 5.69. The molecule has 3 N–H and O–H groups in total. The van der Waals surface area contributed by atoms with Gasteiger partial charge >= 0.3 is 0 Å². The van der Waals surface area contributed by atoms with E-state index in [0.29, 0.717) is 11.5 Å². The zero-order valence-electron chi connectivity index (χ0n) is 9.79. The summed E-state index contributed by atoms with van der Waals surface area (Å²) in [5, 5.41) is 7.04. The van der Waals surface area contributed by atoms with Gasteiger partial charge in [0.2, 0.25) is 5.91 Å². The molecular formula is C11H18N4O. The van der Waals surface area contributed by atoms with E-state index >= 15 is 0 Å². The number of nitrogens with one attached hydrogen (secondary N) is 1. The van der Waals surface area contributed by atoms with E-state index in [1.165, 1.54) is 0 Å². The molecule has 1 aliphatic carbocycles. The zero-order chi connectivity index (χ0) is 11.7. The number of hydrogen-bond donors (Lipinski definition) is 2. The van der Waals surface area contributed by atoms with Crippen molar-refractivity contribution in [2.24, 2.45) is 13.0 Å². The van der Waals surface area contributed by atoms with E-state index in [4.69, 9.17) is 5.73 Å². The molecule has 0 spiro atoms. The number of rotatable bonds is 2. The largest absolute Gasteiger partial charge is 0.394 e. The van der Waals surface area contributed by atoms with Crippen LogP contribution in [0.25, 0.3) is 0 Å². The normalized spacial score (nSPS) is 16.6. The van der Waals surface area contributed by atoms with Gasteiger partial charge in [0, 0.05) is 13.0 Å². The number of anilines is 2. The molecule has 1 heterocycles. The van der Waals surface area contributed by atoms with Crippen LogP contribution in [0.5, 0.6) is 0 Å². The fourth-order valence-corrected chi connectivity index (χ4v) is 2.23. The number of carbonyl (C=O) groups excluding carboxylic acids is 1. The van der Waals surface area contributed by atoms with Crippen molar-refractivity contribution in [3.05, 3.63) is 5.69 Å². The van der Waals surface area contributed by atoms with E-state index in [-0.39, 0.29) is 11.8 Å². The smallest absolute Gasteiger partial charge is 0.228 e. The summed E-state index contributed by atoms with van der Waals surface area (Å²) in [6.07, 6.45) is 4.28. The van der Waals surface area contributed by atoms with Gasteiger partial charge in [-0.25, -0.2) is 0 Å². The van der Waals surface area contributed by atoms with Gasteiger partial charge in [-0.05, 0) is 19.8 Å². The summed E-state index contributed by atoms with van der Waals surface area (Å²) in [4.78, 5) is 11.9. The molecule has 1 aromatic heterocycles. The Morgan fingerprint density at radius 2 is 2.12 bits per heavy atom. The number of aryl methyl sites for hydroxylation is 2. The van der Waals surface area contributed by atoms with Crippen LogP contribution in [-0.4, -0.2) is 15.7 Å². The fourth-order valence-electron chi connectivity index (χ4n) is 2.23. The van der Waals surface area contributed by atoms with E-state index in [1.54, 1.807) is 11.7 Å². The van der Waals surface area contributed by atoms with Gasteiger partial charge in [-0.15, -0.1) is 0 Å². The van der Waals surface area contributed by atoms with Gasteiger partial charge in [-0.1, -0.05) is 12.8 Å². The lowest BCUT2D eigenvalue weighted by atomic mass is 10.1. The fraction of sp³-hybridized carbons (Fsp3) is 0.636. The maximum atomic E-state index is 11.9. The molecule has 1 amide bonds. The zero-order valence-corrected chi connectivity index (χ0v) is 9.79. The van der Waals surface area contributed by atoms with Crippen LogP contribution in [-0.2, 0) is 11.8 Å². The monoisotopic (exact) mass is 222 g/mol. The average molecular weight is 222 g/mol. The van der Waals surface area contributed by atoms with Crippen molar-refractivity contribution < 1.29 is 4.79 Å². The van der Waals surface area contributed by atoms with Crippen molar-refractivity contribution in [3.8, 4) is 0 Å². The van der Waals surface area contributed by atoms with Crippen molar-refractivity contribution in [2.45, 2.75) is 32.6 Å². The van der Waals surface area contributed by atoms with Crippen LogP contribution in [0.3, 0.4) is 0 Å². The highest BCUT2D eigenvalue weighted by molar-refractivity contribution is 5.94. The molecular weight excluding hydrogens is 204 g/mol. The third kappa shape index (κ3) is 1.89. The molecule has 0 radical (unpaired) electrons. The molecule has 0 unspecified atom stereocenters. The number of aromatic nitrogens is 2. The Bertz CT molecular complexity index is 404. The summed E-state index contributed by atoms with van der Waals surface area (Å²) in [5.41, 5.74) is 7.17. The van der Waals surface area contributed by atoms with Gasteiger partial charge in [0.15, 0.2) is 5.82 Å². The highest BCUT2D eigenvalue weighted by Crippen LogP contribution is 2.27. The minimum Gasteiger partial charge on any atom is -0.394 e. The van der Waals surface area contributed by atoms with Crippen LogP contribution >= 0.6 is 0 Å². The number of amides is 1. The second kappa shape index (κ2) is 4.15. The van der Waals surface area contributed by atoms with Gasteiger partial charge in [-0.3, -0.25) is 9.48 Å². The third-order valence-corrected chi connectivity index (χ3v) is 3.24. The molecule has 1 aromatic rings. The molecule has 0 bridgehead atoms. The number of carbonyl (C=O) groups is 1. The number of nitrogens with zero attached hydrogens (tertiary/aromatic N) is 2. The molecule has 88 valence electrons. The molecule has 0 aromatic carbocycles. The molecule has 0 saturated heterocycles. The van der Waals surface area contributed by atoms with E-state index in [0.717, 1.165) is 31.4 Å². The van der Waals surface area contributed by atoms with Gasteiger partial charge in [0.1, 0.15) is 0 Å². The minimum atomic E-state index is 0.0761. The van der Waals surface area contributed by atoms with Crippen LogP contribution in [0.4, 0.5) is 11.5 Å². The second-order valence-corrected chi connectivity index (χ2v) is 4.44. The summed E-state index contributed by atoms with van der Waals surface area (Å²) in [5.74, 6) is 0.844. The van der Waals surface area contributed by atoms with Crippen LogP contribution in [0, 0.1) is 12.8 Å². The predicted molar refractivity (Wildman–Crippen MR) is 62.9 cm³/mol. The molecule has 0 aliphatic heterocycles. The van der Waals surface area contributed by atoms with Crippen LogP contribution in [0.1, 0.15) is 31.4 Å². The second-order valence-electron chi connectivity index (χ2n) is 4.44. The van der Waals surface area contributed by atoms with Crippen molar-refractivity contribution in [2.75, 3.05) is 11.1 Å². The van der Waals surface area contributed by atoms with Gasteiger partial charge in [0.05, 0.1) is 11.4 Å². The Kier molecular flexibility index (Phi) is 2.85. The summed E-state index contributed by atoms with van der Waals surface area (Å²) in [6.45, 7) is 1.83. The van der Waals surface area contributed by atoms with Crippen molar-refractivity contribution in [1.29, 1.82) is 0 Å². The first-order valence-electron chi connectivity index (χ1n) is 5.69. The Hall–Kier alpha value is -1.52. The standard InChI is InChI=1S/C11H18N4O/c1-7-9(12)10(15(2)14-7)13-11(16)8-5-3-4-6-8/h8H,3-6,12H2,1-2H3,(H,13,16). The van der Waals surface area contributed by atoms with Crippen molar-refractivity contribution in [1.82, 2.24) is 9.78 Å². The predicted octanol–water partition coefficient (Wildman–Crippen LogP) is 1.44. The molecule has 1 aliphatic rings. The molecule has 1 fully saturated rings. The molecule has 16 heavy (non-hydrogen) atoms. The summed E-state index contributed by atoms with van der Waals surface area (Å²) >= 11 is 0. The SMILES string of the molecule is Cc1nn(C)c(NC(=O)C2CCCC2)c1N. The minimum absolute atomic E-state index is 0.0761. The van der Waals surface area contributed by atoms with Gasteiger partial charge in [0.25, 0.3) is 0 Å². The Balaban J connectivity index is 2.11. The van der Waals surface area contributed by atoms with Crippen LogP contribution in [0.2, 0.25) is 0 Å². The maximum Gasteiger partial charge on any atom is 0.228 e. The van der Waals surface area contributed by atoms with Crippen LogP contribution < -0.4 is 11.1 Å². The first kappa shape index (κ1) is 11.0. The quantitative estimate of drug-likeness (QED) is 0.795. The van der Waals surface area contributed by atoms with E-state index < -0.39 is 0 Å². The van der Waals surface area contributed by atoms with Crippen molar-refractivity contribution >= 4 is 17.4 Å². The first-order chi connectivity index (χ1) is 7.59. The molecule has 1 saturated carbocycles. The highest BCUT2D eigenvalue weighted by Gasteiger charge is 2.24. The van der Waals surface area contributed by atoms with E-state index in [9.17, 15) is 4.79 Å². The van der Waals surface area contributed by atoms with Crippen molar-refractivity contribution in [3.63, 3.8) is 0 Å². The van der Waals surface area contributed by atoms with Crippen LogP contribution in [0.15, 0.2) is 0 Å². The number of hydrogen-bond acceptors (Lipinski definition) is 3. The Morgan fingerprint density at radius 1 is 1.50 bits per heavy atom. The molecule has 5 heteroatoms. The number of nitrogens with two attached hydrogens (primary N) is 1. The van der Waals surface area contributed by atoms with E-state index in [2.05, 4.69) is 10.4 Å². The Morgan fingerprint density at radius 3 is 2.62 bits per heavy atom. The molecule has 5 nitrogen and oxygen atoms in total. The van der Waals surface area contributed by atoms with Gasteiger partial charge in [-0.2, -0.15) is 5.10 Å². The number of nitrogen functional groups attached to an aromatic ring is 1. The lowest BCUT2D eigenvalue weighted by Gasteiger charge is -2.10. The van der Waals surface area contributed by atoms with E-state index in [1.807, 2.05) is 6.92 Å². The highest BCUT2D eigenvalue weighted by atomic mass is 16.2. The molecule has 0 atom stereocenters. The summed E-state index contributed by atoms with van der Waals surface area (Å²) in [7, 11) is 1.79. The lowest BCUT2D eigenvalue weighted by Crippen LogP contribution is -2.22. The summed E-state index contributed by atoms with van der Waals surface area (Å²) in [6, 6.07) is 0. The Labute approximate surface area is 95.0 Å². The third-order valence-electron chi connectivity index (χ3n) is 3.24. The maximum absolute atomic E-state index is 11.9.